The maximum absolute atomic E-state index is 14.1. The van der Waals surface area contributed by atoms with Crippen molar-refractivity contribution in [1.82, 2.24) is 4.57 Å². The van der Waals surface area contributed by atoms with E-state index in [2.05, 4.69) is 5.32 Å². The number of amides is 1. The number of para-hydroxylation sites is 1. The van der Waals surface area contributed by atoms with Crippen molar-refractivity contribution in [3.05, 3.63) is 95.6 Å². The van der Waals surface area contributed by atoms with E-state index in [1.54, 1.807) is 6.08 Å². The van der Waals surface area contributed by atoms with Crippen LogP contribution in [-0.2, 0) is 11.3 Å². The maximum atomic E-state index is 14.1. The van der Waals surface area contributed by atoms with Crippen LogP contribution in [0.1, 0.15) is 81.0 Å². The van der Waals surface area contributed by atoms with Crippen LogP contribution in [0.25, 0.3) is 16.7 Å². The van der Waals surface area contributed by atoms with E-state index in [4.69, 9.17) is 5.11 Å². The number of aliphatic hydroxyl groups excluding tert-OH is 2. The molecule has 8 heteroatoms. The fourth-order valence-corrected chi connectivity index (χ4v) is 5.21. The molecule has 0 aliphatic carbocycles. The van der Waals surface area contributed by atoms with Gasteiger partial charge in [-0.2, -0.15) is 0 Å². The Hall–Kier alpha value is -4.01. The normalized spacial score (nSPS) is 13.7. The van der Waals surface area contributed by atoms with Gasteiger partial charge in [0.2, 0.25) is 0 Å². The first-order valence-electron chi connectivity index (χ1n) is 14.3. The minimum absolute atomic E-state index is 0.0902. The lowest BCUT2D eigenvalue weighted by atomic mass is 9.93. The summed E-state index contributed by atoms with van der Waals surface area (Å²) in [5.74, 6) is -1.88. The Labute approximate surface area is 247 Å². The first kappa shape index (κ1) is 32.5. The van der Waals surface area contributed by atoms with Gasteiger partial charge < -0.3 is 25.2 Å². The predicted molar refractivity (Wildman–Crippen MR) is 165 cm³/mol. The summed E-state index contributed by atoms with van der Waals surface area (Å²) >= 11 is 0. The number of carbonyl (C=O) groups is 2. The van der Waals surface area contributed by atoms with Crippen LogP contribution in [0.15, 0.2) is 78.6 Å². The molecule has 224 valence electrons. The minimum atomic E-state index is -1.18. The van der Waals surface area contributed by atoms with E-state index in [1.807, 2.05) is 86.0 Å². The Morgan fingerprint density at radius 2 is 1.60 bits per heavy atom. The van der Waals surface area contributed by atoms with Crippen molar-refractivity contribution in [2.45, 2.75) is 78.0 Å². The quantitative estimate of drug-likeness (QED) is 0.152. The number of rotatable bonds is 14. The average Bonchev–Trinajstić information content (AvgIpc) is 3.28. The molecule has 3 rings (SSSR count). The van der Waals surface area contributed by atoms with Gasteiger partial charge in [-0.05, 0) is 61.4 Å². The Morgan fingerprint density at radius 1 is 0.976 bits per heavy atom. The van der Waals surface area contributed by atoms with E-state index < -0.39 is 24.6 Å². The number of benzene rings is 2. The van der Waals surface area contributed by atoms with Crippen LogP contribution in [0.4, 0.5) is 10.1 Å². The fourth-order valence-electron chi connectivity index (χ4n) is 5.21. The summed E-state index contributed by atoms with van der Waals surface area (Å²) in [5, 5.41) is 32.9. The van der Waals surface area contributed by atoms with E-state index in [-0.39, 0.29) is 37.0 Å². The molecule has 0 radical (unpaired) electrons. The molecule has 0 saturated heterocycles. The number of carboxylic acids is 1. The molecule has 0 fully saturated rings. The molecule has 42 heavy (non-hydrogen) atoms. The molecular weight excluding hydrogens is 535 g/mol. The van der Waals surface area contributed by atoms with E-state index in [1.165, 1.54) is 13.0 Å². The minimum Gasteiger partial charge on any atom is -0.481 e. The van der Waals surface area contributed by atoms with Crippen LogP contribution >= 0.6 is 0 Å². The van der Waals surface area contributed by atoms with E-state index in [0.29, 0.717) is 23.2 Å². The fraction of sp³-hybridized carbons (Fsp3) is 0.353. The molecule has 0 bridgehead atoms. The second kappa shape index (κ2) is 15.3. The van der Waals surface area contributed by atoms with Crippen molar-refractivity contribution in [1.29, 1.82) is 0 Å². The van der Waals surface area contributed by atoms with Crippen molar-refractivity contribution in [2.24, 2.45) is 0 Å². The van der Waals surface area contributed by atoms with Crippen molar-refractivity contribution < 1.29 is 29.3 Å². The topological polar surface area (TPSA) is 112 Å². The molecule has 4 N–H and O–H groups in total. The number of anilines is 1. The monoisotopic (exact) mass is 576 g/mol. The summed E-state index contributed by atoms with van der Waals surface area (Å²) in [6.07, 6.45) is 1.19. The van der Waals surface area contributed by atoms with Gasteiger partial charge in [-0.3, -0.25) is 9.59 Å². The third-order valence-electron chi connectivity index (χ3n) is 7.01. The lowest BCUT2D eigenvalue weighted by Crippen LogP contribution is -2.23. The maximum Gasteiger partial charge on any atom is 0.305 e. The van der Waals surface area contributed by atoms with Gasteiger partial charge in [0.1, 0.15) is 0 Å². The van der Waals surface area contributed by atoms with Gasteiger partial charge in [-0.15, -0.1) is 0 Å². The highest BCUT2D eigenvalue weighted by molar-refractivity contribution is 6.11. The number of aromatic nitrogens is 1. The molecule has 7 nitrogen and oxygen atoms in total. The number of hydrogen-bond donors (Lipinski definition) is 4. The number of carbonyl (C=O) groups excluding carboxylic acids is 1. The number of nitrogens with one attached hydrogen (secondary N) is 1. The molecule has 0 aliphatic rings. The number of halogens is 1. The molecule has 2 aromatic carbocycles. The molecule has 0 aliphatic heterocycles. The molecule has 0 saturated carbocycles. The second-order valence-electron chi connectivity index (χ2n) is 10.7. The zero-order valence-electron chi connectivity index (χ0n) is 24.7. The van der Waals surface area contributed by atoms with Gasteiger partial charge in [-0.1, -0.05) is 75.4 Å². The van der Waals surface area contributed by atoms with Gasteiger partial charge in [0.25, 0.3) is 5.91 Å². The van der Waals surface area contributed by atoms with Gasteiger partial charge in [0, 0.05) is 23.5 Å². The SMILES string of the molecule is CC/C(=C\C=C(/C)F)c1c(-c2ccccc2)c(C(=O)Nc2ccccc2)c(C(C)C)n1CC[C@@H](O)C[C@@H](O)CC(=O)O. The van der Waals surface area contributed by atoms with Crippen LogP contribution in [0.3, 0.4) is 0 Å². The average molecular weight is 577 g/mol. The second-order valence-corrected chi connectivity index (χ2v) is 10.7. The lowest BCUT2D eigenvalue weighted by molar-refractivity contribution is -0.139. The van der Waals surface area contributed by atoms with Crippen molar-refractivity contribution >= 4 is 23.1 Å². The number of carboxylic acid groups (broad SMARTS) is 1. The zero-order valence-corrected chi connectivity index (χ0v) is 24.7. The van der Waals surface area contributed by atoms with Gasteiger partial charge >= 0.3 is 5.97 Å². The van der Waals surface area contributed by atoms with E-state index in [9.17, 15) is 24.2 Å². The largest absolute Gasteiger partial charge is 0.481 e. The summed E-state index contributed by atoms with van der Waals surface area (Å²) < 4.78 is 16.0. The molecule has 0 spiro atoms. The summed E-state index contributed by atoms with van der Waals surface area (Å²) in [6.45, 7) is 7.63. The molecule has 3 aromatic rings. The first-order chi connectivity index (χ1) is 20.0. The van der Waals surface area contributed by atoms with E-state index in [0.717, 1.165) is 22.5 Å². The smallest absolute Gasteiger partial charge is 0.305 e. The lowest BCUT2D eigenvalue weighted by Gasteiger charge is -2.20. The van der Waals surface area contributed by atoms with Crippen LogP contribution < -0.4 is 5.32 Å². The van der Waals surface area contributed by atoms with Crippen molar-refractivity contribution in [3.63, 3.8) is 0 Å². The first-order valence-corrected chi connectivity index (χ1v) is 14.3. The number of aliphatic carboxylic acids is 1. The third kappa shape index (κ3) is 8.50. The Kier molecular flexibility index (Phi) is 11.8. The molecule has 1 heterocycles. The number of allylic oxidation sites excluding steroid dienone is 4. The highest BCUT2D eigenvalue weighted by atomic mass is 19.1. The summed E-state index contributed by atoms with van der Waals surface area (Å²) in [4.78, 5) is 25.1. The van der Waals surface area contributed by atoms with Gasteiger partial charge in [0.15, 0.2) is 0 Å². The standard InChI is InChI=1S/C34H41FN2O5/c1-5-24(17-16-23(4)35)33-30(25-12-8-6-9-13-25)31(34(42)36-26-14-10-7-11-15-26)32(22(2)3)37(33)19-18-27(38)20-28(39)21-29(40)41/h6-17,22,27-28,38-39H,5,18-21H2,1-4H3,(H,36,42)(H,40,41)/b23-16+,24-17+/t27-,28-/m1/s1. The molecule has 1 aromatic heterocycles. The summed E-state index contributed by atoms with van der Waals surface area (Å²) in [7, 11) is 0. The Balaban J connectivity index is 2.27. The highest BCUT2D eigenvalue weighted by Crippen LogP contribution is 2.41. The summed E-state index contributed by atoms with van der Waals surface area (Å²) in [5.41, 5.74) is 5.01. The Bertz CT molecular complexity index is 1410. The Morgan fingerprint density at radius 3 is 2.14 bits per heavy atom. The van der Waals surface area contributed by atoms with Gasteiger partial charge in [0.05, 0.1) is 35.7 Å². The molecular formula is C34H41FN2O5. The van der Waals surface area contributed by atoms with Crippen LogP contribution in [0, 0.1) is 0 Å². The molecule has 1 amide bonds. The number of nitrogens with zero attached hydrogens (tertiary/aromatic N) is 1. The third-order valence-corrected chi connectivity index (χ3v) is 7.01. The van der Waals surface area contributed by atoms with Crippen molar-refractivity contribution in [2.75, 3.05) is 5.32 Å². The van der Waals surface area contributed by atoms with Crippen LogP contribution in [0.5, 0.6) is 0 Å². The highest BCUT2D eigenvalue weighted by Gasteiger charge is 2.31. The molecule has 2 atom stereocenters. The zero-order chi connectivity index (χ0) is 30.8. The predicted octanol–water partition coefficient (Wildman–Crippen LogP) is 7.17. The van der Waals surface area contributed by atoms with Crippen molar-refractivity contribution in [3.8, 4) is 11.1 Å². The van der Waals surface area contributed by atoms with Crippen LogP contribution in [-0.4, -0.2) is 44.0 Å². The van der Waals surface area contributed by atoms with E-state index >= 15 is 0 Å². The summed E-state index contributed by atoms with van der Waals surface area (Å²) in [6, 6.07) is 18.8. The number of aliphatic hydroxyl groups is 2. The number of hydrogen-bond acceptors (Lipinski definition) is 4. The molecule has 0 unspecified atom stereocenters. The van der Waals surface area contributed by atoms with Crippen LogP contribution in [0.2, 0.25) is 0 Å². The van der Waals surface area contributed by atoms with Gasteiger partial charge in [-0.25, -0.2) is 4.39 Å².